The van der Waals surface area contributed by atoms with E-state index in [9.17, 15) is 5.11 Å². The summed E-state index contributed by atoms with van der Waals surface area (Å²) in [6.45, 7) is 5.32. The Kier molecular flexibility index (Phi) is 3.77. The van der Waals surface area contributed by atoms with Gasteiger partial charge in [-0.3, -0.25) is 0 Å². The summed E-state index contributed by atoms with van der Waals surface area (Å²) in [6.07, 6.45) is 8.98. The predicted molar refractivity (Wildman–Crippen MR) is 54.4 cm³/mol. The second-order valence-electron chi connectivity index (χ2n) is 3.87. The van der Waals surface area contributed by atoms with Gasteiger partial charge >= 0.3 is 0 Å². The lowest BCUT2D eigenvalue weighted by molar-refractivity contribution is 0.0848. The fourth-order valence-electron chi connectivity index (χ4n) is 1.86. The van der Waals surface area contributed by atoms with Crippen molar-refractivity contribution in [2.45, 2.75) is 38.2 Å². The highest BCUT2D eigenvalue weighted by molar-refractivity contribution is 5.08. The van der Waals surface area contributed by atoms with Crippen molar-refractivity contribution in [3.63, 3.8) is 0 Å². The highest BCUT2D eigenvalue weighted by Gasteiger charge is 2.27. The van der Waals surface area contributed by atoms with E-state index in [4.69, 9.17) is 6.42 Å². The van der Waals surface area contributed by atoms with Gasteiger partial charge in [0, 0.05) is 13.0 Å². The smallest absolute Gasteiger partial charge is 0.126 e. The number of likely N-dealkylation sites (tertiary alicyclic amines) is 1. The van der Waals surface area contributed by atoms with Gasteiger partial charge in [-0.05, 0) is 32.4 Å². The zero-order chi connectivity index (χ0) is 9.73. The van der Waals surface area contributed by atoms with E-state index in [1.807, 2.05) is 0 Å². The fourth-order valence-corrected chi connectivity index (χ4v) is 1.86. The minimum atomic E-state index is -0.831. The Bertz CT molecular complexity index is 197. The van der Waals surface area contributed by atoms with E-state index < -0.39 is 5.60 Å². The molecule has 1 heterocycles. The summed E-state index contributed by atoms with van der Waals surface area (Å²) < 4.78 is 0. The van der Waals surface area contributed by atoms with Crippen LogP contribution in [0.5, 0.6) is 0 Å². The van der Waals surface area contributed by atoms with E-state index in [1.165, 1.54) is 6.42 Å². The summed E-state index contributed by atoms with van der Waals surface area (Å²) in [6, 6.07) is 0. The molecule has 0 spiro atoms. The normalized spacial score (nSPS) is 30.8. The molecule has 0 aromatic rings. The molecule has 1 aliphatic rings. The number of hydrogen-bond acceptors (Lipinski definition) is 2. The summed E-state index contributed by atoms with van der Waals surface area (Å²) in [4.78, 5) is 2.38. The van der Waals surface area contributed by atoms with Crippen molar-refractivity contribution in [2.24, 2.45) is 0 Å². The molecule has 1 aliphatic heterocycles. The van der Waals surface area contributed by atoms with Crippen molar-refractivity contribution in [3.05, 3.63) is 0 Å². The van der Waals surface area contributed by atoms with Crippen LogP contribution in [-0.4, -0.2) is 35.2 Å². The van der Waals surface area contributed by atoms with Crippen molar-refractivity contribution in [1.29, 1.82) is 0 Å². The first-order valence-corrected chi connectivity index (χ1v) is 5.13. The zero-order valence-corrected chi connectivity index (χ0v) is 8.42. The predicted octanol–water partition coefficient (Wildman–Crippen LogP) is 1.25. The lowest BCUT2D eigenvalue weighted by atomic mass is 9.96. The van der Waals surface area contributed by atoms with Gasteiger partial charge in [0.1, 0.15) is 5.60 Å². The SMILES string of the molecule is C#CC1(O)CCCN(CCC)CC1. The van der Waals surface area contributed by atoms with E-state index in [2.05, 4.69) is 17.7 Å². The van der Waals surface area contributed by atoms with Crippen LogP contribution in [0.15, 0.2) is 0 Å². The quantitative estimate of drug-likeness (QED) is 0.648. The van der Waals surface area contributed by atoms with Crippen molar-refractivity contribution < 1.29 is 5.11 Å². The molecule has 0 aliphatic carbocycles. The summed E-state index contributed by atoms with van der Waals surface area (Å²) in [7, 11) is 0. The Morgan fingerprint density at radius 3 is 2.85 bits per heavy atom. The Morgan fingerprint density at radius 2 is 2.23 bits per heavy atom. The third-order valence-corrected chi connectivity index (χ3v) is 2.71. The molecule has 1 rings (SSSR count). The Morgan fingerprint density at radius 1 is 1.46 bits per heavy atom. The zero-order valence-electron chi connectivity index (χ0n) is 8.42. The second kappa shape index (κ2) is 4.64. The lowest BCUT2D eigenvalue weighted by Gasteiger charge is -2.21. The van der Waals surface area contributed by atoms with Gasteiger partial charge in [-0.15, -0.1) is 6.42 Å². The molecule has 13 heavy (non-hydrogen) atoms. The minimum absolute atomic E-state index is 0.726. The molecule has 0 bridgehead atoms. The summed E-state index contributed by atoms with van der Waals surface area (Å²) in [5.41, 5.74) is -0.831. The van der Waals surface area contributed by atoms with E-state index in [-0.39, 0.29) is 0 Å². The Hall–Kier alpha value is -0.520. The molecule has 0 radical (unpaired) electrons. The van der Waals surface area contributed by atoms with Crippen LogP contribution < -0.4 is 0 Å². The Labute approximate surface area is 80.9 Å². The maximum absolute atomic E-state index is 9.88. The molecule has 0 amide bonds. The van der Waals surface area contributed by atoms with Crippen LogP contribution >= 0.6 is 0 Å². The number of terminal acetylenes is 1. The maximum Gasteiger partial charge on any atom is 0.126 e. The van der Waals surface area contributed by atoms with Gasteiger partial charge in [0.25, 0.3) is 0 Å². The van der Waals surface area contributed by atoms with Gasteiger partial charge in [0.2, 0.25) is 0 Å². The molecule has 1 unspecified atom stereocenters. The second-order valence-corrected chi connectivity index (χ2v) is 3.87. The molecule has 0 aromatic carbocycles. The van der Waals surface area contributed by atoms with Gasteiger partial charge in [-0.2, -0.15) is 0 Å². The molecule has 2 heteroatoms. The first kappa shape index (κ1) is 10.6. The van der Waals surface area contributed by atoms with Crippen LogP contribution in [-0.2, 0) is 0 Å². The van der Waals surface area contributed by atoms with Crippen molar-refractivity contribution in [3.8, 4) is 12.3 Å². The molecule has 1 saturated heterocycles. The summed E-state index contributed by atoms with van der Waals surface area (Å²) in [5, 5.41) is 9.88. The monoisotopic (exact) mass is 181 g/mol. The average molecular weight is 181 g/mol. The number of hydrogen-bond donors (Lipinski definition) is 1. The van der Waals surface area contributed by atoms with Crippen LogP contribution in [0.2, 0.25) is 0 Å². The number of aliphatic hydroxyl groups is 1. The molecule has 1 N–H and O–H groups in total. The number of nitrogens with zero attached hydrogens (tertiary/aromatic N) is 1. The Balaban J connectivity index is 2.45. The first-order valence-electron chi connectivity index (χ1n) is 5.13. The topological polar surface area (TPSA) is 23.5 Å². The fraction of sp³-hybridized carbons (Fsp3) is 0.818. The molecule has 2 nitrogen and oxygen atoms in total. The summed E-state index contributed by atoms with van der Waals surface area (Å²) in [5.74, 6) is 2.51. The molecule has 0 aromatic heterocycles. The average Bonchev–Trinajstić information content (AvgIpc) is 2.31. The van der Waals surface area contributed by atoms with Gasteiger partial charge in [-0.1, -0.05) is 12.8 Å². The van der Waals surface area contributed by atoms with E-state index >= 15 is 0 Å². The highest BCUT2D eigenvalue weighted by atomic mass is 16.3. The van der Waals surface area contributed by atoms with Crippen LogP contribution in [0.25, 0.3) is 0 Å². The third kappa shape index (κ3) is 3.02. The molecular weight excluding hydrogens is 162 g/mol. The third-order valence-electron chi connectivity index (χ3n) is 2.71. The van der Waals surface area contributed by atoms with Crippen LogP contribution in [0.4, 0.5) is 0 Å². The lowest BCUT2D eigenvalue weighted by Crippen LogP contribution is -2.30. The van der Waals surface area contributed by atoms with Crippen LogP contribution in [0.3, 0.4) is 0 Å². The van der Waals surface area contributed by atoms with Gasteiger partial charge in [0.05, 0.1) is 0 Å². The van der Waals surface area contributed by atoms with Gasteiger partial charge < -0.3 is 10.0 Å². The maximum atomic E-state index is 9.88. The molecule has 1 atom stereocenters. The van der Waals surface area contributed by atoms with E-state index in [1.54, 1.807) is 0 Å². The van der Waals surface area contributed by atoms with Crippen molar-refractivity contribution in [2.75, 3.05) is 19.6 Å². The highest BCUT2D eigenvalue weighted by Crippen LogP contribution is 2.21. The molecule has 74 valence electrons. The standard InChI is InChI=1S/C11H19NO/c1-3-8-12-9-5-6-11(13,4-2)7-10-12/h2,13H,3,5-10H2,1H3. The van der Waals surface area contributed by atoms with Gasteiger partial charge in [-0.25, -0.2) is 0 Å². The largest absolute Gasteiger partial charge is 0.378 e. The molecule has 1 fully saturated rings. The van der Waals surface area contributed by atoms with Crippen LogP contribution in [0, 0.1) is 12.3 Å². The summed E-state index contributed by atoms with van der Waals surface area (Å²) >= 11 is 0. The first-order chi connectivity index (χ1) is 6.20. The van der Waals surface area contributed by atoms with Crippen molar-refractivity contribution >= 4 is 0 Å². The number of rotatable bonds is 2. The van der Waals surface area contributed by atoms with Crippen molar-refractivity contribution in [1.82, 2.24) is 4.90 Å². The minimum Gasteiger partial charge on any atom is -0.378 e. The van der Waals surface area contributed by atoms with E-state index in [0.717, 1.165) is 38.9 Å². The molecular formula is C11H19NO. The van der Waals surface area contributed by atoms with Crippen LogP contribution in [0.1, 0.15) is 32.6 Å². The van der Waals surface area contributed by atoms with Gasteiger partial charge in [0.15, 0.2) is 0 Å². The molecule has 0 saturated carbocycles. The van der Waals surface area contributed by atoms with E-state index in [0.29, 0.717) is 0 Å².